The summed E-state index contributed by atoms with van der Waals surface area (Å²) >= 11 is 0. The highest BCUT2D eigenvalue weighted by atomic mass is 16.6. The summed E-state index contributed by atoms with van der Waals surface area (Å²) in [6, 6.07) is -0.0974. The van der Waals surface area contributed by atoms with Gasteiger partial charge in [-0.15, -0.1) is 0 Å². The molecular weight excluding hydrogens is 158 g/mol. The fourth-order valence-corrected chi connectivity index (χ4v) is 0.796. The van der Waals surface area contributed by atoms with Gasteiger partial charge in [-0.05, 0) is 27.2 Å². The van der Waals surface area contributed by atoms with Crippen LogP contribution in [0.4, 0.5) is 4.79 Å². The Balaban J connectivity index is 2.21. The molecular formula is C8H15NO3. The first-order valence-electron chi connectivity index (χ1n) is 4.06. The summed E-state index contributed by atoms with van der Waals surface area (Å²) in [6.45, 7) is 5.40. The van der Waals surface area contributed by atoms with E-state index in [1.54, 1.807) is 20.8 Å². The number of amides is 1. The number of aliphatic hydroxyl groups is 1. The zero-order chi connectivity index (χ0) is 9.35. The average Bonchev–Trinajstić information content (AvgIpc) is 2.40. The summed E-state index contributed by atoms with van der Waals surface area (Å²) in [5.74, 6) is 0. The second-order valence-electron chi connectivity index (χ2n) is 4.06. The lowest BCUT2D eigenvalue weighted by molar-refractivity contribution is 0.0514. The highest BCUT2D eigenvalue weighted by Gasteiger charge is 2.37. The summed E-state index contributed by atoms with van der Waals surface area (Å²) < 4.78 is 4.98. The molecule has 1 aliphatic rings. The van der Waals surface area contributed by atoms with Crippen LogP contribution < -0.4 is 5.32 Å². The van der Waals surface area contributed by atoms with E-state index in [4.69, 9.17) is 9.84 Å². The molecule has 1 aliphatic carbocycles. The van der Waals surface area contributed by atoms with Crippen molar-refractivity contribution in [1.82, 2.24) is 5.32 Å². The Bertz CT molecular complexity index is 185. The predicted octanol–water partition coefficient (Wildman–Crippen LogP) is 0.644. The zero-order valence-corrected chi connectivity index (χ0v) is 7.63. The summed E-state index contributed by atoms with van der Waals surface area (Å²) in [4.78, 5) is 11.0. The van der Waals surface area contributed by atoms with Crippen molar-refractivity contribution >= 4 is 6.09 Å². The molecule has 0 spiro atoms. The smallest absolute Gasteiger partial charge is 0.407 e. The Morgan fingerprint density at radius 2 is 2.08 bits per heavy atom. The van der Waals surface area contributed by atoms with Gasteiger partial charge in [-0.2, -0.15) is 0 Å². The molecule has 0 bridgehead atoms. The van der Waals surface area contributed by atoms with E-state index >= 15 is 0 Å². The lowest BCUT2D eigenvalue weighted by atomic mass is 10.2. The van der Waals surface area contributed by atoms with E-state index in [-0.39, 0.29) is 12.1 Å². The molecule has 0 aromatic carbocycles. The first-order valence-corrected chi connectivity index (χ1v) is 4.06. The van der Waals surface area contributed by atoms with Crippen LogP contribution in [0.5, 0.6) is 0 Å². The average molecular weight is 173 g/mol. The lowest BCUT2D eigenvalue weighted by Gasteiger charge is -2.19. The van der Waals surface area contributed by atoms with Gasteiger partial charge in [0.15, 0.2) is 0 Å². The molecule has 0 unspecified atom stereocenters. The zero-order valence-electron chi connectivity index (χ0n) is 7.63. The number of nitrogens with one attached hydrogen (secondary N) is 1. The Morgan fingerprint density at radius 3 is 2.42 bits per heavy atom. The highest BCUT2D eigenvalue weighted by Crippen LogP contribution is 2.20. The van der Waals surface area contributed by atoms with Gasteiger partial charge in [0.25, 0.3) is 0 Å². The van der Waals surface area contributed by atoms with Crippen LogP contribution in [0.2, 0.25) is 0 Å². The number of carbonyl (C=O) groups excluding carboxylic acids is 1. The van der Waals surface area contributed by atoms with Crippen molar-refractivity contribution in [3.05, 3.63) is 0 Å². The SMILES string of the molecule is CC(C)(C)OC(=O)N[C@H]1C[C@@H]1O. The van der Waals surface area contributed by atoms with Gasteiger partial charge in [0.2, 0.25) is 0 Å². The molecule has 4 heteroatoms. The second kappa shape index (κ2) is 2.94. The van der Waals surface area contributed by atoms with Gasteiger partial charge < -0.3 is 15.2 Å². The van der Waals surface area contributed by atoms with E-state index in [1.165, 1.54) is 0 Å². The fraction of sp³-hybridized carbons (Fsp3) is 0.875. The van der Waals surface area contributed by atoms with Gasteiger partial charge in [0.1, 0.15) is 5.60 Å². The molecule has 0 radical (unpaired) electrons. The molecule has 0 heterocycles. The van der Waals surface area contributed by atoms with Gasteiger partial charge in [-0.3, -0.25) is 0 Å². The van der Waals surface area contributed by atoms with Gasteiger partial charge in [0.05, 0.1) is 12.1 Å². The quantitative estimate of drug-likeness (QED) is 0.612. The summed E-state index contributed by atoms with van der Waals surface area (Å²) in [5.41, 5.74) is -0.468. The predicted molar refractivity (Wildman–Crippen MR) is 43.8 cm³/mol. The number of rotatable bonds is 1. The fourth-order valence-electron chi connectivity index (χ4n) is 0.796. The Morgan fingerprint density at radius 1 is 1.58 bits per heavy atom. The molecule has 0 aromatic heterocycles. The Hall–Kier alpha value is -0.770. The number of hydrogen-bond donors (Lipinski definition) is 2. The number of hydrogen-bond acceptors (Lipinski definition) is 3. The van der Waals surface area contributed by atoms with Crippen molar-refractivity contribution in [2.45, 2.75) is 44.9 Å². The van der Waals surface area contributed by atoms with Gasteiger partial charge in [-0.25, -0.2) is 4.79 Å². The van der Waals surface area contributed by atoms with Gasteiger partial charge in [0, 0.05) is 0 Å². The first kappa shape index (κ1) is 9.32. The van der Waals surface area contributed by atoms with Gasteiger partial charge >= 0.3 is 6.09 Å². The highest BCUT2D eigenvalue weighted by molar-refractivity contribution is 5.68. The molecule has 12 heavy (non-hydrogen) atoms. The van der Waals surface area contributed by atoms with Crippen molar-refractivity contribution in [3.8, 4) is 0 Å². The number of alkyl carbamates (subject to hydrolysis) is 1. The van der Waals surface area contributed by atoms with Crippen LogP contribution in [0.1, 0.15) is 27.2 Å². The van der Waals surface area contributed by atoms with Crippen LogP contribution >= 0.6 is 0 Å². The minimum atomic E-state index is -0.468. The maximum atomic E-state index is 11.0. The Kier molecular flexibility index (Phi) is 2.28. The molecule has 4 nitrogen and oxygen atoms in total. The minimum absolute atomic E-state index is 0.0974. The normalized spacial score (nSPS) is 28.0. The standard InChI is InChI=1S/C8H15NO3/c1-8(2,3)12-7(11)9-5-4-6(5)10/h5-6,10H,4H2,1-3H3,(H,9,11)/t5-,6-/m0/s1. The first-order chi connectivity index (χ1) is 5.38. The summed E-state index contributed by atoms with van der Waals surface area (Å²) in [7, 11) is 0. The van der Waals surface area contributed by atoms with Crippen molar-refractivity contribution in [2.24, 2.45) is 0 Å². The third-order valence-corrected chi connectivity index (χ3v) is 1.46. The third kappa shape index (κ3) is 3.09. The molecule has 1 fully saturated rings. The summed E-state index contributed by atoms with van der Waals surface area (Å²) in [5, 5.41) is 11.5. The van der Waals surface area contributed by atoms with E-state index in [2.05, 4.69) is 5.32 Å². The van der Waals surface area contributed by atoms with Crippen LogP contribution in [0.15, 0.2) is 0 Å². The molecule has 1 rings (SSSR count). The van der Waals surface area contributed by atoms with Crippen molar-refractivity contribution < 1.29 is 14.6 Å². The Labute approximate surface area is 71.9 Å². The second-order valence-corrected chi connectivity index (χ2v) is 4.06. The van der Waals surface area contributed by atoms with Crippen molar-refractivity contribution in [3.63, 3.8) is 0 Å². The number of ether oxygens (including phenoxy) is 1. The monoisotopic (exact) mass is 173 g/mol. The maximum Gasteiger partial charge on any atom is 0.407 e. The molecule has 1 saturated carbocycles. The number of carbonyl (C=O) groups is 1. The third-order valence-electron chi connectivity index (χ3n) is 1.46. The number of aliphatic hydroxyl groups excluding tert-OH is 1. The molecule has 2 N–H and O–H groups in total. The topological polar surface area (TPSA) is 58.6 Å². The molecule has 1 amide bonds. The van der Waals surface area contributed by atoms with E-state index in [0.717, 1.165) is 0 Å². The molecule has 0 saturated heterocycles. The maximum absolute atomic E-state index is 11.0. The van der Waals surface area contributed by atoms with Crippen LogP contribution in [0, 0.1) is 0 Å². The largest absolute Gasteiger partial charge is 0.444 e. The van der Waals surface area contributed by atoms with E-state index < -0.39 is 11.7 Å². The van der Waals surface area contributed by atoms with E-state index in [9.17, 15) is 4.79 Å². The minimum Gasteiger partial charge on any atom is -0.444 e. The van der Waals surface area contributed by atoms with Crippen molar-refractivity contribution in [2.75, 3.05) is 0 Å². The van der Waals surface area contributed by atoms with Crippen LogP contribution in [-0.4, -0.2) is 28.9 Å². The van der Waals surface area contributed by atoms with Crippen LogP contribution in [0.25, 0.3) is 0 Å². The van der Waals surface area contributed by atoms with E-state index in [1.807, 2.05) is 0 Å². The molecule has 2 atom stereocenters. The molecule has 0 aliphatic heterocycles. The summed E-state index contributed by atoms with van der Waals surface area (Å²) in [6.07, 6.45) is -0.194. The van der Waals surface area contributed by atoms with E-state index in [0.29, 0.717) is 6.42 Å². The van der Waals surface area contributed by atoms with Crippen LogP contribution in [0.3, 0.4) is 0 Å². The molecule has 0 aromatic rings. The van der Waals surface area contributed by atoms with Crippen LogP contribution in [-0.2, 0) is 4.74 Å². The van der Waals surface area contributed by atoms with Crippen molar-refractivity contribution in [1.29, 1.82) is 0 Å². The van der Waals surface area contributed by atoms with Gasteiger partial charge in [-0.1, -0.05) is 0 Å². The molecule has 70 valence electrons. The lowest BCUT2D eigenvalue weighted by Crippen LogP contribution is -2.34.